The van der Waals surface area contributed by atoms with E-state index >= 15 is 0 Å². The van der Waals surface area contributed by atoms with Crippen molar-refractivity contribution in [3.63, 3.8) is 0 Å². The van der Waals surface area contributed by atoms with Crippen LogP contribution in [-0.4, -0.2) is 18.9 Å². The molecular weight excluding hydrogens is 202 g/mol. The zero-order valence-corrected chi connectivity index (χ0v) is 6.62. The third-order valence-electron chi connectivity index (χ3n) is 0. The van der Waals surface area contributed by atoms with Gasteiger partial charge in [-0.05, 0) is 0 Å². The van der Waals surface area contributed by atoms with Crippen molar-refractivity contribution in [1.82, 2.24) is 0 Å². The van der Waals surface area contributed by atoms with Crippen LogP contribution in [0.3, 0.4) is 0 Å². The molecule has 0 bridgehead atoms. The Bertz CT molecular complexity index is 6.00. The summed E-state index contributed by atoms with van der Waals surface area (Å²) in [6.45, 7) is 0. The first kappa shape index (κ1) is 9.03. The molecule has 0 aliphatic rings. The first-order chi connectivity index (χ1) is 1.41. The third-order valence-corrected chi connectivity index (χ3v) is 0. The van der Waals surface area contributed by atoms with E-state index in [4.69, 9.17) is 17.8 Å². The Morgan fingerprint density at radius 3 is 1.25 bits per heavy atom. The summed E-state index contributed by atoms with van der Waals surface area (Å²) in [5.74, 6) is 0. The monoisotopic (exact) mass is 205 g/mol. The second-order valence-electron chi connectivity index (χ2n) is 0.0714. The van der Waals surface area contributed by atoms with Gasteiger partial charge in [-0.25, -0.2) is 0 Å². The van der Waals surface area contributed by atoms with Gasteiger partial charge < -0.3 is 0 Å². The van der Waals surface area contributed by atoms with Crippen LogP contribution in [0.4, 0.5) is 0 Å². The molecule has 0 N–H and O–H groups in total. The number of hydrogen-bond donors (Lipinski definition) is 0. The summed E-state index contributed by atoms with van der Waals surface area (Å²) < 4.78 is 0. The summed E-state index contributed by atoms with van der Waals surface area (Å²) in [6.07, 6.45) is 0. The van der Waals surface area contributed by atoms with Crippen LogP contribution in [0.25, 0.3) is 0 Å². The molecule has 3 radical (unpaired) electrons. The van der Waals surface area contributed by atoms with E-state index in [9.17, 15) is 0 Å². The Morgan fingerprint density at radius 1 is 1.25 bits per heavy atom. The molecule has 0 rings (SSSR count). The van der Waals surface area contributed by atoms with Gasteiger partial charge in [0.25, 0.3) is 0 Å². The zero-order chi connectivity index (χ0) is 2.71. The average Bonchev–Trinajstić information content (AvgIpc) is 0.918. The summed E-state index contributed by atoms with van der Waals surface area (Å²) in [5.41, 5.74) is 0. The van der Waals surface area contributed by atoms with Gasteiger partial charge in [0.2, 0.25) is 0 Å². The van der Waals surface area contributed by atoms with Gasteiger partial charge in [-0.3, -0.25) is 0 Å². The molecule has 0 saturated carbocycles. The molecule has 0 atom stereocenters. The van der Waals surface area contributed by atoms with Crippen LogP contribution < -0.4 is 0 Å². The van der Waals surface area contributed by atoms with Gasteiger partial charge in [0.15, 0.2) is 0 Å². The molecule has 0 heterocycles. The van der Waals surface area contributed by atoms with Crippen LogP contribution in [0.15, 0.2) is 0 Å². The topological polar surface area (TPSA) is 0 Å². The molecule has 0 aromatic carbocycles. The standard InChI is InChI=1S/CH3.2ClH.Sn/h1H3;2*1H;/q;;;+2/p-2. The molecule has 0 spiro atoms. The van der Waals surface area contributed by atoms with Gasteiger partial charge in [-0.2, -0.15) is 0 Å². The molecule has 0 amide bonds. The van der Waals surface area contributed by atoms with Crippen LogP contribution in [-0.2, 0) is 0 Å². The Balaban J connectivity index is 0. The van der Waals surface area contributed by atoms with E-state index in [1.54, 1.807) is 0 Å². The maximum atomic E-state index is 4.93. The molecule has 0 aliphatic carbocycles. The summed E-state index contributed by atoms with van der Waals surface area (Å²) >= 11 is -0.826. The Morgan fingerprint density at radius 2 is 1.25 bits per heavy atom. The molecule has 0 unspecified atom stereocenters. The van der Waals surface area contributed by atoms with Crippen molar-refractivity contribution >= 4 is 36.7 Å². The summed E-state index contributed by atoms with van der Waals surface area (Å²) in [7, 11) is 9.87. The second-order valence-corrected chi connectivity index (χ2v) is 4.31. The van der Waals surface area contributed by atoms with Crippen molar-refractivity contribution in [2.45, 2.75) is 0 Å². The number of rotatable bonds is 0. The van der Waals surface area contributed by atoms with Gasteiger partial charge >= 0.3 is 36.7 Å². The third kappa shape index (κ3) is 10.1. The molecule has 0 saturated heterocycles. The molecule has 0 aromatic rings. The predicted octanol–water partition coefficient (Wildman–Crippen LogP) is 1.45. The fraction of sp³-hybridized carbons (Fsp3) is 0. The average molecular weight is 205 g/mol. The summed E-state index contributed by atoms with van der Waals surface area (Å²) in [6, 6.07) is 0. The predicted molar refractivity (Wildman–Crippen MR) is 23.9 cm³/mol. The Labute approximate surface area is 44.1 Å². The molecule has 4 heavy (non-hydrogen) atoms. The first-order valence-corrected chi connectivity index (χ1v) is 7.61. The van der Waals surface area contributed by atoms with Crippen molar-refractivity contribution in [2.75, 3.05) is 0 Å². The zero-order valence-electron chi connectivity index (χ0n) is 2.26. The van der Waals surface area contributed by atoms with E-state index in [-0.39, 0.29) is 7.43 Å². The van der Waals surface area contributed by atoms with E-state index in [2.05, 4.69) is 0 Å². The molecule has 25 valence electrons. The molecular formula is CH3Cl2Sn. The van der Waals surface area contributed by atoms with E-state index < -0.39 is 18.9 Å². The molecule has 3 heteroatoms. The minimum atomic E-state index is -0.826. The van der Waals surface area contributed by atoms with Crippen LogP contribution >= 0.6 is 17.8 Å². The van der Waals surface area contributed by atoms with Crippen molar-refractivity contribution in [2.24, 2.45) is 0 Å². The quantitative estimate of drug-likeness (QED) is 0.524. The Kier molecular flexibility index (Phi) is 20.0. The van der Waals surface area contributed by atoms with Crippen molar-refractivity contribution in [3.8, 4) is 0 Å². The van der Waals surface area contributed by atoms with E-state index in [1.165, 1.54) is 0 Å². The van der Waals surface area contributed by atoms with Crippen LogP contribution in [0.1, 0.15) is 0 Å². The normalized spacial score (nSPS) is 4.50. The summed E-state index contributed by atoms with van der Waals surface area (Å²) in [4.78, 5) is 0. The van der Waals surface area contributed by atoms with Crippen LogP contribution in [0.5, 0.6) is 0 Å². The van der Waals surface area contributed by atoms with Crippen molar-refractivity contribution < 1.29 is 0 Å². The van der Waals surface area contributed by atoms with Gasteiger partial charge in [0, 0.05) is 0 Å². The van der Waals surface area contributed by atoms with Crippen LogP contribution in [0.2, 0.25) is 0 Å². The second kappa shape index (κ2) is 8.83. The van der Waals surface area contributed by atoms with E-state index in [1.807, 2.05) is 0 Å². The number of hydrogen-bond acceptors (Lipinski definition) is 0. The molecule has 0 fully saturated rings. The molecule has 0 nitrogen and oxygen atoms in total. The molecule has 0 aromatic heterocycles. The minimum absolute atomic E-state index is 0. The fourth-order valence-electron chi connectivity index (χ4n) is 0. The Hall–Kier alpha value is 1.38. The van der Waals surface area contributed by atoms with Crippen LogP contribution in [0, 0.1) is 7.43 Å². The van der Waals surface area contributed by atoms with Crippen molar-refractivity contribution in [1.29, 1.82) is 0 Å². The first-order valence-electron chi connectivity index (χ1n) is 0.378. The van der Waals surface area contributed by atoms with Gasteiger partial charge in [-0.15, -0.1) is 0 Å². The van der Waals surface area contributed by atoms with E-state index in [0.717, 1.165) is 0 Å². The SMILES string of the molecule is [CH3].[Cl][Sn][Cl]. The van der Waals surface area contributed by atoms with Gasteiger partial charge in [-0.1, -0.05) is 7.43 Å². The maximum absolute atomic E-state index is 4.93. The van der Waals surface area contributed by atoms with Crippen molar-refractivity contribution in [3.05, 3.63) is 7.43 Å². The van der Waals surface area contributed by atoms with Gasteiger partial charge in [0.05, 0.1) is 0 Å². The van der Waals surface area contributed by atoms with Gasteiger partial charge in [0.1, 0.15) is 0 Å². The fourth-order valence-corrected chi connectivity index (χ4v) is 0. The van der Waals surface area contributed by atoms with E-state index in [0.29, 0.717) is 0 Å². The summed E-state index contributed by atoms with van der Waals surface area (Å²) in [5, 5.41) is 0. The number of halogens is 2. The molecule has 0 aliphatic heterocycles.